The summed E-state index contributed by atoms with van der Waals surface area (Å²) >= 11 is 0. The molecule has 0 heterocycles. The van der Waals surface area contributed by atoms with E-state index in [1.807, 2.05) is 0 Å². The quantitative estimate of drug-likeness (QED) is 0.760. The largest absolute Gasteiger partial charge is 0.488 e. The molecule has 1 N–H and O–H groups in total. The van der Waals surface area contributed by atoms with Gasteiger partial charge >= 0.3 is 0 Å². The Labute approximate surface area is 107 Å². The highest BCUT2D eigenvalue weighted by Crippen LogP contribution is 2.38. The second-order valence-electron chi connectivity index (χ2n) is 4.73. The molecule has 0 bridgehead atoms. The van der Waals surface area contributed by atoms with E-state index in [2.05, 4.69) is 0 Å². The van der Waals surface area contributed by atoms with Crippen LogP contribution in [0.15, 0.2) is 18.2 Å². The van der Waals surface area contributed by atoms with Crippen LogP contribution < -0.4 is 4.74 Å². The first-order valence-corrected chi connectivity index (χ1v) is 6.30. The lowest BCUT2D eigenvalue weighted by molar-refractivity contribution is 0.143. The van der Waals surface area contributed by atoms with Crippen molar-refractivity contribution in [2.24, 2.45) is 5.92 Å². The number of rotatable bonds is 7. The summed E-state index contributed by atoms with van der Waals surface area (Å²) in [5.41, 5.74) is 0.624. The fourth-order valence-electron chi connectivity index (χ4n) is 1.88. The molecule has 1 aromatic rings. The van der Waals surface area contributed by atoms with Crippen molar-refractivity contribution in [1.29, 1.82) is 0 Å². The number of hydrogen-bond donors (Lipinski definition) is 1. The molecule has 0 spiro atoms. The maximum atomic E-state index is 13.7. The van der Waals surface area contributed by atoms with Crippen molar-refractivity contribution >= 4 is 0 Å². The molecule has 18 heavy (non-hydrogen) atoms. The molecule has 4 heteroatoms. The molecule has 1 aliphatic rings. The number of halogens is 1. The Morgan fingerprint density at radius 2 is 2.17 bits per heavy atom. The number of aliphatic hydroxyl groups is 1. The van der Waals surface area contributed by atoms with Crippen LogP contribution in [0.4, 0.5) is 4.39 Å². The summed E-state index contributed by atoms with van der Waals surface area (Å²) in [6.45, 7) is 0.739. The minimum Gasteiger partial charge on any atom is -0.488 e. The monoisotopic (exact) mass is 254 g/mol. The van der Waals surface area contributed by atoms with Crippen LogP contribution in [0.1, 0.15) is 30.9 Å². The molecule has 100 valence electrons. The van der Waals surface area contributed by atoms with Crippen LogP contribution in [0, 0.1) is 11.7 Å². The summed E-state index contributed by atoms with van der Waals surface area (Å²) in [5.74, 6) is 0.383. The molecular weight excluding hydrogens is 235 g/mol. The van der Waals surface area contributed by atoms with Crippen molar-refractivity contribution in [3.63, 3.8) is 0 Å². The molecule has 1 aliphatic carbocycles. The normalized spacial score (nSPS) is 16.6. The fraction of sp³-hybridized carbons (Fsp3) is 0.571. The van der Waals surface area contributed by atoms with E-state index < -0.39 is 11.9 Å². The minimum atomic E-state index is -0.569. The van der Waals surface area contributed by atoms with Crippen LogP contribution in [0.2, 0.25) is 0 Å². The third-order valence-electron chi connectivity index (χ3n) is 3.14. The Bertz CT molecular complexity index is 391. The molecule has 0 amide bonds. The Morgan fingerprint density at radius 1 is 1.39 bits per heavy atom. The number of methoxy groups -OCH3 is 1. The first kappa shape index (κ1) is 13.3. The highest BCUT2D eigenvalue weighted by molar-refractivity contribution is 5.30. The van der Waals surface area contributed by atoms with Gasteiger partial charge in [0.05, 0.1) is 12.7 Å². The third kappa shape index (κ3) is 3.68. The van der Waals surface area contributed by atoms with E-state index in [0.29, 0.717) is 24.7 Å². The van der Waals surface area contributed by atoms with Gasteiger partial charge in [0.2, 0.25) is 0 Å². The molecule has 2 rings (SSSR count). The maximum Gasteiger partial charge on any atom is 0.165 e. The van der Waals surface area contributed by atoms with E-state index in [4.69, 9.17) is 9.47 Å². The van der Waals surface area contributed by atoms with Crippen LogP contribution in [0.3, 0.4) is 0 Å². The maximum absolute atomic E-state index is 13.7. The van der Waals surface area contributed by atoms with Gasteiger partial charge in [-0.05, 0) is 30.0 Å². The Hall–Kier alpha value is -1.13. The van der Waals surface area contributed by atoms with Crippen LogP contribution in [-0.4, -0.2) is 25.4 Å². The molecular formula is C14H19FO3. The minimum absolute atomic E-state index is 0.203. The first-order valence-electron chi connectivity index (χ1n) is 6.30. The summed E-state index contributed by atoms with van der Waals surface area (Å²) < 4.78 is 23.8. The van der Waals surface area contributed by atoms with Gasteiger partial charge in [0, 0.05) is 7.11 Å². The van der Waals surface area contributed by atoms with Gasteiger partial charge in [-0.25, -0.2) is 4.39 Å². The lowest BCUT2D eigenvalue weighted by atomic mass is 10.0. The Kier molecular flexibility index (Phi) is 4.55. The second kappa shape index (κ2) is 6.16. The second-order valence-corrected chi connectivity index (χ2v) is 4.73. The summed E-state index contributed by atoms with van der Waals surface area (Å²) in [6.07, 6.45) is 2.51. The van der Waals surface area contributed by atoms with Gasteiger partial charge in [0.15, 0.2) is 11.6 Å². The van der Waals surface area contributed by atoms with Crippen LogP contribution in [0.25, 0.3) is 0 Å². The van der Waals surface area contributed by atoms with Gasteiger partial charge in [-0.3, -0.25) is 0 Å². The summed E-state index contributed by atoms with van der Waals surface area (Å²) in [5, 5.41) is 9.93. The predicted molar refractivity (Wildman–Crippen MR) is 66.1 cm³/mol. The molecule has 3 nitrogen and oxygen atoms in total. The van der Waals surface area contributed by atoms with Crippen LogP contribution >= 0.6 is 0 Å². The van der Waals surface area contributed by atoms with Gasteiger partial charge in [-0.2, -0.15) is 0 Å². The molecule has 0 aliphatic heterocycles. The van der Waals surface area contributed by atoms with Crippen molar-refractivity contribution in [3.05, 3.63) is 29.6 Å². The number of ether oxygens (including phenoxy) is 2. The zero-order valence-electron chi connectivity index (χ0n) is 10.6. The van der Waals surface area contributed by atoms with Gasteiger partial charge in [-0.15, -0.1) is 0 Å². The summed E-state index contributed by atoms with van der Waals surface area (Å²) in [7, 11) is 1.57. The highest BCUT2D eigenvalue weighted by Gasteiger charge is 2.25. The van der Waals surface area contributed by atoms with E-state index in [1.165, 1.54) is 18.9 Å². The lowest BCUT2D eigenvalue weighted by Crippen LogP contribution is -2.06. The number of aliphatic hydroxyl groups excluding tert-OH is 1. The molecule has 0 saturated heterocycles. The predicted octanol–water partition coefficient (Wildman–Crippen LogP) is 2.68. The molecule has 1 aromatic carbocycles. The Balaban J connectivity index is 1.94. The number of benzene rings is 1. The Morgan fingerprint density at radius 3 is 2.78 bits per heavy atom. The van der Waals surface area contributed by atoms with Gasteiger partial charge in [0.1, 0.15) is 6.61 Å². The topological polar surface area (TPSA) is 38.7 Å². The lowest BCUT2D eigenvalue weighted by Gasteiger charge is -2.12. The standard InChI is InChI=1S/C14H19FO3/c1-17-6-7-18-14-5-4-11(9-12(14)15)13(16)8-10-2-3-10/h4-5,9-10,13,16H,2-3,6-8H2,1H3. The van der Waals surface area contributed by atoms with Gasteiger partial charge < -0.3 is 14.6 Å². The zero-order chi connectivity index (χ0) is 13.0. The first-order chi connectivity index (χ1) is 8.70. The van der Waals surface area contributed by atoms with Crippen molar-refractivity contribution in [3.8, 4) is 5.75 Å². The molecule has 1 atom stereocenters. The van der Waals surface area contributed by atoms with Crippen molar-refractivity contribution in [1.82, 2.24) is 0 Å². The SMILES string of the molecule is COCCOc1ccc(C(O)CC2CC2)cc1F. The molecule has 1 fully saturated rings. The van der Waals surface area contributed by atoms with Crippen LogP contribution in [0.5, 0.6) is 5.75 Å². The highest BCUT2D eigenvalue weighted by atomic mass is 19.1. The fourth-order valence-corrected chi connectivity index (χ4v) is 1.88. The summed E-state index contributed by atoms with van der Waals surface area (Å²) in [6, 6.07) is 4.64. The van der Waals surface area contributed by atoms with Crippen molar-refractivity contribution in [2.75, 3.05) is 20.3 Å². The molecule has 1 saturated carbocycles. The zero-order valence-corrected chi connectivity index (χ0v) is 10.6. The summed E-state index contributed by atoms with van der Waals surface area (Å²) in [4.78, 5) is 0. The average Bonchev–Trinajstić information content (AvgIpc) is 3.15. The molecule has 0 aromatic heterocycles. The van der Waals surface area contributed by atoms with E-state index in [9.17, 15) is 9.50 Å². The molecule has 0 radical (unpaired) electrons. The smallest absolute Gasteiger partial charge is 0.165 e. The van der Waals surface area contributed by atoms with E-state index in [-0.39, 0.29) is 5.75 Å². The van der Waals surface area contributed by atoms with Gasteiger partial charge in [-0.1, -0.05) is 18.9 Å². The van der Waals surface area contributed by atoms with E-state index >= 15 is 0 Å². The van der Waals surface area contributed by atoms with Crippen molar-refractivity contribution < 1.29 is 19.0 Å². The number of hydrogen-bond acceptors (Lipinski definition) is 3. The van der Waals surface area contributed by atoms with Crippen LogP contribution in [-0.2, 0) is 4.74 Å². The average molecular weight is 254 g/mol. The van der Waals surface area contributed by atoms with E-state index in [0.717, 1.165) is 6.42 Å². The third-order valence-corrected chi connectivity index (χ3v) is 3.14. The van der Waals surface area contributed by atoms with Crippen molar-refractivity contribution in [2.45, 2.75) is 25.4 Å². The molecule has 1 unspecified atom stereocenters. The van der Waals surface area contributed by atoms with E-state index in [1.54, 1.807) is 19.2 Å². The van der Waals surface area contributed by atoms with Gasteiger partial charge in [0.25, 0.3) is 0 Å².